The van der Waals surface area contributed by atoms with Crippen molar-refractivity contribution in [1.82, 2.24) is 0 Å². The smallest absolute Gasteiger partial charge is 0.321 e. The molecule has 2 heterocycles. The molecule has 2 unspecified atom stereocenters. The van der Waals surface area contributed by atoms with Gasteiger partial charge < -0.3 is 9.47 Å². The molecule has 1 radical (unpaired) electrons. The van der Waals surface area contributed by atoms with Crippen LogP contribution < -0.4 is 0 Å². The third-order valence-electron chi connectivity index (χ3n) is 3.30. The van der Waals surface area contributed by atoms with Crippen LogP contribution >= 0.6 is 0 Å². The van der Waals surface area contributed by atoms with E-state index in [1.54, 1.807) is 24.3 Å². The number of rotatable bonds is 0. The van der Waals surface area contributed by atoms with E-state index in [2.05, 4.69) is 21.6 Å². The number of allylic oxidation sites excluding steroid dienone is 2. The largest absolute Gasteiger partial charge is 0.397 e. The zero-order valence-electron chi connectivity index (χ0n) is 11.6. The van der Waals surface area contributed by atoms with Crippen LogP contribution in [-0.2, 0) is 51.8 Å². The van der Waals surface area contributed by atoms with Gasteiger partial charge in [0.25, 0.3) is 5.97 Å². The first-order chi connectivity index (χ1) is 10.6. The molecule has 1 saturated heterocycles. The van der Waals surface area contributed by atoms with E-state index in [-0.39, 0.29) is 32.7 Å². The monoisotopic (exact) mass is 385 g/mol. The van der Waals surface area contributed by atoms with E-state index in [1.165, 1.54) is 12.1 Å². The number of benzene rings is 1. The van der Waals surface area contributed by atoms with Crippen molar-refractivity contribution < 1.29 is 61.4 Å². The number of hydrogen-bond acceptors (Lipinski definition) is 6. The third-order valence-corrected chi connectivity index (χ3v) is 3.30. The fraction of sp³-hybridized carbons (Fsp3) is 0.125. The fourth-order valence-corrected chi connectivity index (χ4v) is 2.19. The van der Waals surface area contributed by atoms with Crippen molar-refractivity contribution in [2.45, 2.75) is 0 Å². The van der Waals surface area contributed by atoms with Crippen LogP contribution in [0.15, 0.2) is 36.4 Å². The number of carbonyl (C=O) groups is 4. The SMILES string of the molecule is O=C1OC(=O)C2C=C[C-]=CC12.O=C1OC(=O)c2cc[c-]cc21.[Y]. The number of cyclic esters (lactones) is 4. The van der Waals surface area contributed by atoms with Gasteiger partial charge in [-0.25, -0.2) is 16.9 Å². The molecule has 2 atom stereocenters. The van der Waals surface area contributed by atoms with Crippen molar-refractivity contribution in [1.29, 1.82) is 0 Å². The first-order valence-corrected chi connectivity index (χ1v) is 6.36. The molecule has 0 bridgehead atoms. The van der Waals surface area contributed by atoms with Crippen LogP contribution in [0.3, 0.4) is 0 Å². The van der Waals surface area contributed by atoms with E-state index >= 15 is 0 Å². The molecule has 113 valence electrons. The number of fused-ring (bicyclic) bond motifs is 2. The summed E-state index contributed by atoms with van der Waals surface area (Å²) in [4.78, 5) is 43.4. The average molecular weight is 385 g/mol. The molecule has 0 aromatic heterocycles. The Balaban J connectivity index is 0.000000160. The first kappa shape index (κ1) is 17.4. The molecule has 0 N–H and O–H groups in total. The predicted octanol–water partition coefficient (Wildman–Crippen LogP) is 1.03. The molecule has 0 saturated carbocycles. The van der Waals surface area contributed by atoms with E-state index in [0.717, 1.165) is 0 Å². The van der Waals surface area contributed by atoms with Crippen molar-refractivity contribution in [3.8, 4) is 0 Å². The van der Waals surface area contributed by atoms with Crippen molar-refractivity contribution in [3.63, 3.8) is 0 Å². The van der Waals surface area contributed by atoms with Crippen LogP contribution in [0, 0.1) is 24.0 Å². The summed E-state index contributed by atoms with van der Waals surface area (Å²) in [6, 6.07) is 7.22. The number of hydrogen-bond donors (Lipinski definition) is 0. The quantitative estimate of drug-likeness (QED) is 0.377. The minimum absolute atomic E-state index is 0. The maximum atomic E-state index is 10.9. The summed E-state index contributed by atoms with van der Waals surface area (Å²) >= 11 is 0. The molecule has 7 heteroatoms. The topological polar surface area (TPSA) is 86.7 Å². The predicted molar refractivity (Wildman–Crippen MR) is 70.1 cm³/mol. The Bertz CT molecular complexity index is 688. The summed E-state index contributed by atoms with van der Waals surface area (Å²) in [6.45, 7) is 0. The fourth-order valence-electron chi connectivity index (χ4n) is 2.19. The molecular formula is C16H8O6Y-2. The van der Waals surface area contributed by atoms with Gasteiger partial charge >= 0.3 is 17.9 Å². The van der Waals surface area contributed by atoms with Gasteiger partial charge in [0.1, 0.15) is 0 Å². The number of esters is 4. The first-order valence-electron chi connectivity index (χ1n) is 6.36. The van der Waals surface area contributed by atoms with Gasteiger partial charge in [-0.1, -0.05) is 0 Å². The maximum absolute atomic E-state index is 10.9. The normalized spacial score (nSPS) is 23.1. The molecule has 1 aliphatic carbocycles. The van der Waals surface area contributed by atoms with Crippen molar-refractivity contribution in [2.24, 2.45) is 11.8 Å². The summed E-state index contributed by atoms with van der Waals surface area (Å²) in [5, 5.41) is 0. The van der Waals surface area contributed by atoms with Gasteiger partial charge in [-0.3, -0.25) is 20.5 Å². The van der Waals surface area contributed by atoms with Crippen molar-refractivity contribution in [3.05, 3.63) is 59.7 Å². The Morgan fingerprint density at radius 2 is 1.61 bits per heavy atom. The van der Waals surface area contributed by atoms with Crippen LogP contribution in [0.2, 0.25) is 0 Å². The molecule has 3 aliphatic rings. The summed E-state index contributed by atoms with van der Waals surface area (Å²) in [6.07, 6.45) is 7.58. The van der Waals surface area contributed by atoms with Gasteiger partial charge in [-0.2, -0.15) is 30.3 Å². The van der Waals surface area contributed by atoms with Gasteiger partial charge in [0, 0.05) is 38.6 Å². The Hall–Kier alpha value is -1.92. The number of carbonyl (C=O) groups excluding carboxylic acids is 4. The number of ether oxygens (including phenoxy) is 2. The van der Waals surface area contributed by atoms with Crippen LogP contribution in [0.5, 0.6) is 0 Å². The van der Waals surface area contributed by atoms with Crippen LogP contribution in [0.1, 0.15) is 20.7 Å². The molecular weight excluding hydrogens is 377 g/mol. The standard InChI is InChI=1S/C8H5O3.C8H3O3.Y/c2*9-7-5-3-1-2-4-6(5)8(10)11-7;/h1,3-6H;1,3-4H;/q2*-1;. The summed E-state index contributed by atoms with van der Waals surface area (Å²) in [5.74, 6) is -2.89. The second kappa shape index (κ2) is 7.11. The second-order valence-electron chi connectivity index (χ2n) is 4.63. The molecule has 2 aliphatic heterocycles. The summed E-state index contributed by atoms with van der Waals surface area (Å²) < 4.78 is 8.74. The zero-order valence-corrected chi connectivity index (χ0v) is 14.5. The minimum atomic E-state index is -0.582. The van der Waals surface area contributed by atoms with E-state index in [9.17, 15) is 19.2 Å². The van der Waals surface area contributed by atoms with Crippen LogP contribution in [0.4, 0.5) is 0 Å². The molecule has 0 spiro atoms. The van der Waals surface area contributed by atoms with Gasteiger partial charge in [0.2, 0.25) is 0 Å². The average Bonchev–Trinajstić information content (AvgIpc) is 2.99. The van der Waals surface area contributed by atoms with Crippen LogP contribution in [0.25, 0.3) is 0 Å². The van der Waals surface area contributed by atoms with Crippen LogP contribution in [-0.4, -0.2) is 23.9 Å². The molecule has 1 fully saturated rings. The van der Waals surface area contributed by atoms with E-state index < -0.39 is 35.7 Å². The van der Waals surface area contributed by atoms with Gasteiger partial charge in [0.15, 0.2) is 0 Å². The Kier molecular flexibility index (Phi) is 5.39. The summed E-state index contributed by atoms with van der Waals surface area (Å²) in [5.41, 5.74) is 0.631. The summed E-state index contributed by atoms with van der Waals surface area (Å²) in [7, 11) is 0. The van der Waals surface area contributed by atoms with Gasteiger partial charge in [-0.05, 0) is 11.1 Å². The Morgan fingerprint density at radius 1 is 0.913 bits per heavy atom. The van der Waals surface area contributed by atoms with E-state index in [1.807, 2.05) is 0 Å². The molecule has 1 aromatic rings. The van der Waals surface area contributed by atoms with Gasteiger partial charge in [-0.15, -0.1) is 0 Å². The van der Waals surface area contributed by atoms with Crippen molar-refractivity contribution in [2.75, 3.05) is 0 Å². The third kappa shape index (κ3) is 3.38. The van der Waals surface area contributed by atoms with Crippen molar-refractivity contribution >= 4 is 23.9 Å². The second-order valence-corrected chi connectivity index (χ2v) is 4.63. The van der Waals surface area contributed by atoms with E-state index in [0.29, 0.717) is 11.1 Å². The zero-order chi connectivity index (χ0) is 15.7. The van der Waals surface area contributed by atoms with Gasteiger partial charge in [0.05, 0.1) is 5.92 Å². The molecule has 1 aromatic carbocycles. The van der Waals surface area contributed by atoms with E-state index in [4.69, 9.17) is 0 Å². The Morgan fingerprint density at radius 3 is 2.30 bits per heavy atom. The Labute approximate surface area is 156 Å². The molecule has 6 nitrogen and oxygen atoms in total. The molecule has 23 heavy (non-hydrogen) atoms. The molecule has 4 rings (SSSR count). The minimum Gasteiger partial charge on any atom is -0.397 e. The maximum Gasteiger partial charge on any atom is 0.321 e. The molecule has 0 amide bonds.